The minimum Gasteiger partial charge on any atom is -0.393 e. The van der Waals surface area contributed by atoms with Gasteiger partial charge in [-0.15, -0.1) is 0 Å². The molecule has 0 radical (unpaired) electrons. The molecule has 10 heteroatoms. The Morgan fingerprint density at radius 2 is 1.92 bits per heavy atom. The van der Waals surface area contributed by atoms with E-state index in [9.17, 15) is 4.79 Å². The van der Waals surface area contributed by atoms with Crippen molar-refractivity contribution in [1.82, 2.24) is 20.6 Å². The fraction of sp³-hybridized carbons (Fsp3) is 0.0667. The molecule has 0 spiro atoms. The second-order valence-electron chi connectivity index (χ2n) is 5.02. The molecule has 0 bridgehead atoms. The molecule has 0 aliphatic heterocycles. The van der Waals surface area contributed by atoms with Crippen molar-refractivity contribution >= 4 is 45.0 Å². The predicted octanol–water partition coefficient (Wildman–Crippen LogP) is 2.62. The molecule has 0 aliphatic rings. The molecular weight excluding hydrogens is 390 g/mol. The van der Waals surface area contributed by atoms with Gasteiger partial charge in [-0.25, -0.2) is 9.97 Å². The van der Waals surface area contributed by atoms with Gasteiger partial charge in [0.25, 0.3) is 5.91 Å². The van der Waals surface area contributed by atoms with Gasteiger partial charge in [-0.1, -0.05) is 21.1 Å². The molecule has 5 N–H and O–H groups in total. The largest absolute Gasteiger partial charge is 0.393 e. The normalized spacial score (nSPS) is 10.3. The molecular formula is C15H14BrN7O2. The summed E-state index contributed by atoms with van der Waals surface area (Å²) in [6, 6.07) is 8.62. The molecule has 0 fully saturated rings. The van der Waals surface area contributed by atoms with Crippen LogP contribution in [0.3, 0.4) is 0 Å². The number of aryl methyl sites for hydroxylation is 1. The van der Waals surface area contributed by atoms with Gasteiger partial charge in [0.15, 0.2) is 17.5 Å². The van der Waals surface area contributed by atoms with Crippen molar-refractivity contribution in [3.05, 3.63) is 52.5 Å². The molecule has 3 aromatic rings. The van der Waals surface area contributed by atoms with Gasteiger partial charge in [-0.2, -0.15) is 0 Å². The third-order valence-corrected chi connectivity index (χ3v) is 3.69. The van der Waals surface area contributed by atoms with E-state index in [1.165, 1.54) is 6.33 Å². The maximum absolute atomic E-state index is 12.1. The molecule has 128 valence electrons. The van der Waals surface area contributed by atoms with Crippen molar-refractivity contribution in [3.63, 3.8) is 0 Å². The lowest BCUT2D eigenvalue weighted by Crippen LogP contribution is -2.30. The van der Waals surface area contributed by atoms with Crippen LogP contribution in [0.4, 0.5) is 23.1 Å². The number of nitrogen functional groups attached to an aromatic ring is 1. The van der Waals surface area contributed by atoms with Gasteiger partial charge in [0.05, 0.1) is 0 Å². The van der Waals surface area contributed by atoms with Crippen LogP contribution in [0, 0.1) is 6.92 Å². The van der Waals surface area contributed by atoms with E-state index in [4.69, 9.17) is 10.3 Å². The Hall–Kier alpha value is -3.14. The smallest absolute Gasteiger partial charge is 0.269 e. The average Bonchev–Trinajstić information content (AvgIpc) is 3.01. The average molecular weight is 404 g/mol. The zero-order chi connectivity index (χ0) is 17.8. The maximum atomic E-state index is 12.1. The summed E-state index contributed by atoms with van der Waals surface area (Å²) in [6.07, 6.45) is 1.31. The van der Waals surface area contributed by atoms with Crippen molar-refractivity contribution in [2.75, 3.05) is 16.5 Å². The number of nitrogens with zero attached hydrogens (tertiary/aromatic N) is 3. The van der Waals surface area contributed by atoms with Gasteiger partial charge in [-0.3, -0.25) is 15.6 Å². The molecule has 2 aromatic heterocycles. The minimum atomic E-state index is -0.327. The van der Waals surface area contributed by atoms with Crippen LogP contribution in [0.25, 0.3) is 0 Å². The van der Waals surface area contributed by atoms with Crippen molar-refractivity contribution < 1.29 is 9.32 Å². The monoisotopic (exact) mass is 403 g/mol. The number of aromatic nitrogens is 3. The molecule has 0 saturated heterocycles. The Labute approximate surface area is 151 Å². The zero-order valence-electron chi connectivity index (χ0n) is 13.1. The summed E-state index contributed by atoms with van der Waals surface area (Å²) in [4.78, 5) is 20.2. The number of halogens is 1. The highest BCUT2D eigenvalue weighted by Crippen LogP contribution is 2.25. The van der Waals surface area contributed by atoms with Gasteiger partial charge >= 0.3 is 0 Å². The second-order valence-corrected chi connectivity index (χ2v) is 5.93. The first kappa shape index (κ1) is 16.7. The number of nitrogens with two attached hydrogens (primary N) is 1. The van der Waals surface area contributed by atoms with E-state index in [-0.39, 0.29) is 17.4 Å². The fourth-order valence-electron chi connectivity index (χ4n) is 1.93. The van der Waals surface area contributed by atoms with E-state index in [0.29, 0.717) is 23.0 Å². The highest BCUT2D eigenvalue weighted by molar-refractivity contribution is 9.10. The minimum absolute atomic E-state index is 0.222. The van der Waals surface area contributed by atoms with E-state index >= 15 is 0 Å². The van der Waals surface area contributed by atoms with Gasteiger partial charge in [0.1, 0.15) is 17.8 Å². The number of benzene rings is 1. The van der Waals surface area contributed by atoms with Crippen LogP contribution in [0.1, 0.15) is 16.1 Å². The highest BCUT2D eigenvalue weighted by atomic mass is 79.9. The summed E-state index contributed by atoms with van der Waals surface area (Å²) >= 11 is 3.32. The number of hydrazine groups is 1. The third-order valence-electron chi connectivity index (χ3n) is 3.16. The number of carbonyl (C=O) groups excluding carboxylic acids is 1. The van der Waals surface area contributed by atoms with Gasteiger partial charge in [0.2, 0.25) is 0 Å². The Balaban J connectivity index is 1.69. The number of rotatable bonds is 5. The third kappa shape index (κ3) is 4.04. The number of hydrogen-bond donors (Lipinski definition) is 4. The van der Waals surface area contributed by atoms with Crippen LogP contribution in [-0.2, 0) is 0 Å². The van der Waals surface area contributed by atoms with Crippen LogP contribution < -0.4 is 21.9 Å². The summed E-state index contributed by atoms with van der Waals surface area (Å²) in [7, 11) is 0. The van der Waals surface area contributed by atoms with Crippen molar-refractivity contribution in [2.45, 2.75) is 6.92 Å². The summed E-state index contributed by atoms with van der Waals surface area (Å²) in [5, 5.41) is 6.73. The van der Waals surface area contributed by atoms with E-state index in [0.717, 1.165) is 4.47 Å². The van der Waals surface area contributed by atoms with Crippen molar-refractivity contribution in [1.29, 1.82) is 0 Å². The molecule has 0 atom stereocenters. The van der Waals surface area contributed by atoms with Crippen LogP contribution in [0.5, 0.6) is 0 Å². The zero-order valence-corrected chi connectivity index (χ0v) is 14.7. The fourth-order valence-corrected chi connectivity index (χ4v) is 2.20. The molecule has 1 aromatic carbocycles. The molecule has 25 heavy (non-hydrogen) atoms. The van der Waals surface area contributed by atoms with Crippen molar-refractivity contribution in [3.8, 4) is 0 Å². The molecule has 2 heterocycles. The summed E-state index contributed by atoms with van der Waals surface area (Å²) < 4.78 is 5.86. The van der Waals surface area contributed by atoms with E-state index in [1.54, 1.807) is 37.3 Å². The Morgan fingerprint density at radius 3 is 2.60 bits per heavy atom. The van der Waals surface area contributed by atoms with Gasteiger partial charge in [0, 0.05) is 16.1 Å². The first-order valence-electron chi connectivity index (χ1n) is 7.15. The second kappa shape index (κ2) is 7.18. The lowest BCUT2D eigenvalue weighted by molar-refractivity contribution is 0.0962. The number of anilines is 4. The number of carbonyl (C=O) groups is 1. The van der Waals surface area contributed by atoms with Crippen LogP contribution in [0.2, 0.25) is 0 Å². The van der Waals surface area contributed by atoms with Crippen LogP contribution >= 0.6 is 15.9 Å². The SMILES string of the molecule is Cc1cc(Nc2ncnc(NNC(=O)c3ccc(Br)cc3)c2N)no1. The Kier molecular flexibility index (Phi) is 4.80. The molecule has 0 unspecified atom stereocenters. The van der Waals surface area contributed by atoms with Crippen LogP contribution in [-0.4, -0.2) is 21.0 Å². The molecule has 0 saturated carbocycles. The number of amides is 1. The molecule has 9 nitrogen and oxygen atoms in total. The lowest BCUT2D eigenvalue weighted by Gasteiger charge is -2.12. The van der Waals surface area contributed by atoms with Crippen molar-refractivity contribution in [2.24, 2.45) is 0 Å². The number of nitrogens with one attached hydrogen (secondary N) is 3. The van der Waals surface area contributed by atoms with Gasteiger partial charge in [-0.05, 0) is 31.2 Å². The summed E-state index contributed by atoms with van der Waals surface area (Å²) in [6.45, 7) is 1.77. The Morgan fingerprint density at radius 1 is 1.20 bits per heavy atom. The predicted molar refractivity (Wildman–Crippen MR) is 96.2 cm³/mol. The molecule has 3 rings (SSSR count). The Bertz CT molecular complexity index is 895. The standard InChI is InChI=1S/C15H14BrN7O2/c1-8-6-11(23-25-8)20-13-12(17)14(19-7-18-13)21-22-15(24)9-2-4-10(16)5-3-9/h2-7H,17H2,1H3,(H,22,24)(H2,18,19,20,21,23). The highest BCUT2D eigenvalue weighted by Gasteiger charge is 2.11. The first-order chi connectivity index (χ1) is 12.0. The summed E-state index contributed by atoms with van der Waals surface area (Å²) in [5.41, 5.74) is 11.9. The summed E-state index contributed by atoms with van der Waals surface area (Å²) in [5.74, 6) is 1.38. The topological polar surface area (TPSA) is 131 Å². The van der Waals surface area contributed by atoms with E-state index < -0.39 is 0 Å². The maximum Gasteiger partial charge on any atom is 0.269 e. The van der Waals surface area contributed by atoms with Crippen LogP contribution in [0.15, 0.2) is 45.7 Å². The quantitative estimate of drug-likeness (QED) is 0.478. The van der Waals surface area contributed by atoms with E-state index in [2.05, 4.69) is 47.2 Å². The lowest BCUT2D eigenvalue weighted by atomic mass is 10.2. The molecule has 1 amide bonds. The van der Waals surface area contributed by atoms with Gasteiger partial charge < -0.3 is 15.6 Å². The first-order valence-corrected chi connectivity index (χ1v) is 7.95. The number of hydrogen-bond acceptors (Lipinski definition) is 8. The molecule has 0 aliphatic carbocycles. The van der Waals surface area contributed by atoms with E-state index in [1.807, 2.05) is 0 Å².